The van der Waals surface area contributed by atoms with Gasteiger partial charge in [0.1, 0.15) is 5.52 Å². The van der Waals surface area contributed by atoms with Crippen LogP contribution >= 0.6 is 0 Å². The monoisotopic (exact) mass is 221 g/mol. The average Bonchev–Trinajstić information content (AvgIpc) is 2.39. The van der Waals surface area contributed by atoms with Gasteiger partial charge in [0.2, 0.25) is 0 Å². The van der Waals surface area contributed by atoms with Gasteiger partial charge in [-0.2, -0.15) is 0 Å². The number of para-hydroxylation sites is 1. The molecule has 17 heavy (non-hydrogen) atoms. The van der Waals surface area contributed by atoms with Crippen molar-refractivity contribution in [2.45, 2.75) is 0 Å². The van der Waals surface area contributed by atoms with Crippen molar-refractivity contribution >= 4 is 21.7 Å². The Hall–Kier alpha value is -2.35. The van der Waals surface area contributed by atoms with Gasteiger partial charge in [-0.1, -0.05) is 43.0 Å². The van der Waals surface area contributed by atoms with E-state index >= 15 is 0 Å². The Labute approximate surface area is 99.2 Å². The summed E-state index contributed by atoms with van der Waals surface area (Å²) in [6.07, 6.45) is 3.29. The molecule has 0 N–H and O–H groups in total. The third-order valence-electron chi connectivity index (χ3n) is 2.79. The SMILES string of the molecule is C=COc1cccc2c1ncc1ccccc12. The van der Waals surface area contributed by atoms with Gasteiger partial charge in [-0.15, -0.1) is 0 Å². The fourth-order valence-corrected chi connectivity index (χ4v) is 2.05. The molecule has 0 amide bonds. The highest BCUT2D eigenvalue weighted by molar-refractivity contribution is 6.07. The van der Waals surface area contributed by atoms with Crippen LogP contribution in [0.4, 0.5) is 0 Å². The lowest BCUT2D eigenvalue weighted by molar-refractivity contribution is 0.488. The summed E-state index contributed by atoms with van der Waals surface area (Å²) in [4.78, 5) is 4.46. The van der Waals surface area contributed by atoms with Crippen molar-refractivity contribution in [2.24, 2.45) is 0 Å². The summed E-state index contributed by atoms with van der Waals surface area (Å²) in [5.41, 5.74) is 0.867. The molecule has 0 radical (unpaired) electrons. The van der Waals surface area contributed by atoms with Crippen molar-refractivity contribution in [1.82, 2.24) is 4.98 Å². The molecule has 3 rings (SSSR count). The fraction of sp³-hybridized carbons (Fsp3) is 0. The molecular formula is C15H11NO. The molecule has 3 aromatic rings. The van der Waals surface area contributed by atoms with Crippen molar-refractivity contribution in [3.8, 4) is 5.75 Å². The molecule has 0 saturated heterocycles. The number of benzene rings is 2. The smallest absolute Gasteiger partial charge is 0.152 e. The van der Waals surface area contributed by atoms with Gasteiger partial charge in [0.25, 0.3) is 0 Å². The molecule has 0 atom stereocenters. The highest BCUT2D eigenvalue weighted by Crippen LogP contribution is 2.29. The number of hydrogen-bond donors (Lipinski definition) is 0. The van der Waals surface area contributed by atoms with Crippen LogP contribution in [0.2, 0.25) is 0 Å². The van der Waals surface area contributed by atoms with E-state index in [0.717, 1.165) is 22.0 Å². The van der Waals surface area contributed by atoms with E-state index in [4.69, 9.17) is 4.74 Å². The summed E-state index contributed by atoms with van der Waals surface area (Å²) >= 11 is 0. The van der Waals surface area contributed by atoms with Crippen molar-refractivity contribution < 1.29 is 4.74 Å². The number of fused-ring (bicyclic) bond motifs is 3. The first kappa shape index (κ1) is 9.85. The average molecular weight is 221 g/mol. The number of hydrogen-bond acceptors (Lipinski definition) is 2. The summed E-state index contributed by atoms with van der Waals surface area (Å²) < 4.78 is 5.37. The Morgan fingerprint density at radius 2 is 1.82 bits per heavy atom. The molecule has 2 heteroatoms. The summed E-state index contributed by atoms with van der Waals surface area (Å²) in [6.45, 7) is 3.58. The lowest BCUT2D eigenvalue weighted by atomic mass is 10.1. The molecule has 2 nitrogen and oxygen atoms in total. The second kappa shape index (κ2) is 3.91. The molecule has 1 aromatic heterocycles. The predicted molar refractivity (Wildman–Crippen MR) is 70.1 cm³/mol. The molecular weight excluding hydrogens is 210 g/mol. The van der Waals surface area contributed by atoms with Gasteiger partial charge in [-0.25, -0.2) is 0 Å². The van der Waals surface area contributed by atoms with Gasteiger partial charge in [0.05, 0.1) is 6.26 Å². The summed E-state index contributed by atoms with van der Waals surface area (Å²) in [5.74, 6) is 0.739. The molecule has 0 fully saturated rings. The Bertz CT molecular complexity index is 703. The van der Waals surface area contributed by atoms with Gasteiger partial charge in [0, 0.05) is 17.0 Å². The maximum Gasteiger partial charge on any atom is 0.152 e. The Morgan fingerprint density at radius 1 is 1.00 bits per heavy atom. The molecule has 0 aliphatic carbocycles. The number of pyridine rings is 1. The zero-order chi connectivity index (χ0) is 11.7. The van der Waals surface area contributed by atoms with Gasteiger partial charge in [0.15, 0.2) is 5.75 Å². The van der Waals surface area contributed by atoms with Crippen molar-refractivity contribution in [1.29, 1.82) is 0 Å². The van der Waals surface area contributed by atoms with Crippen LogP contribution in [0, 0.1) is 0 Å². The first-order valence-electron chi connectivity index (χ1n) is 5.44. The standard InChI is InChI=1S/C15H11NO/c1-2-17-14-9-5-8-13-12-7-4-3-6-11(12)10-16-15(13)14/h2-10H,1H2. The van der Waals surface area contributed by atoms with E-state index in [1.54, 1.807) is 0 Å². The number of aromatic nitrogens is 1. The molecule has 0 saturated carbocycles. The van der Waals surface area contributed by atoms with Gasteiger partial charge in [-0.05, 0) is 11.5 Å². The van der Waals surface area contributed by atoms with Crippen molar-refractivity contribution in [3.05, 3.63) is 61.5 Å². The van der Waals surface area contributed by atoms with Crippen LogP contribution in [0.15, 0.2) is 61.5 Å². The van der Waals surface area contributed by atoms with E-state index < -0.39 is 0 Å². The van der Waals surface area contributed by atoms with E-state index in [-0.39, 0.29) is 0 Å². The second-order valence-corrected chi connectivity index (χ2v) is 3.78. The van der Waals surface area contributed by atoms with Crippen LogP contribution < -0.4 is 4.74 Å². The largest absolute Gasteiger partial charge is 0.463 e. The predicted octanol–water partition coefficient (Wildman–Crippen LogP) is 3.91. The second-order valence-electron chi connectivity index (χ2n) is 3.78. The molecule has 0 aliphatic rings. The van der Waals surface area contributed by atoms with Gasteiger partial charge in [-0.3, -0.25) is 4.98 Å². The van der Waals surface area contributed by atoms with Crippen molar-refractivity contribution in [2.75, 3.05) is 0 Å². The first-order chi connectivity index (χ1) is 8.40. The Kier molecular flexibility index (Phi) is 2.26. The number of ether oxygens (including phenoxy) is 1. The van der Waals surface area contributed by atoms with Crippen LogP contribution in [0.5, 0.6) is 5.75 Å². The van der Waals surface area contributed by atoms with Crippen LogP contribution in [0.25, 0.3) is 21.7 Å². The lowest BCUT2D eigenvalue weighted by Gasteiger charge is -2.06. The summed E-state index contributed by atoms with van der Waals surface area (Å²) in [7, 11) is 0. The highest BCUT2D eigenvalue weighted by Gasteiger charge is 2.05. The minimum Gasteiger partial charge on any atom is -0.463 e. The Morgan fingerprint density at radius 3 is 2.71 bits per heavy atom. The molecule has 0 spiro atoms. The molecule has 82 valence electrons. The number of nitrogens with zero attached hydrogens (tertiary/aromatic N) is 1. The third-order valence-corrected chi connectivity index (χ3v) is 2.79. The maximum atomic E-state index is 5.37. The summed E-state index contributed by atoms with van der Waals surface area (Å²) in [5, 5.41) is 3.42. The topological polar surface area (TPSA) is 22.1 Å². The van der Waals surface area contributed by atoms with Crippen LogP contribution in [-0.2, 0) is 0 Å². The minimum absolute atomic E-state index is 0.739. The van der Waals surface area contributed by atoms with Gasteiger partial charge >= 0.3 is 0 Å². The minimum atomic E-state index is 0.739. The molecule has 1 heterocycles. The fourth-order valence-electron chi connectivity index (χ4n) is 2.05. The van der Waals surface area contributed by atoms with E-state index in [1.807, 2.05) is 30.5 Å². The first-order valence-corrected chi connectivity index (χ1v) is 5.44. The van der Waals surface area contributed by atoms with Crippen molar-refractivity contribution in [3.63, 3.8) is 0 Å². The number of rotatable bonds is 2. The van der Waals surface area contributed by atoms with E-state index in [0.29, 0.717) is 0 Å². The quantitative estimate of drug-likeness (QED) is 0.483. The normalized spacial score (nSPS) is 10.6. The Balaban J connectivity index is 2.43. The van der Waals surface area contributed by atoms with Crippen LogP contribution in [-0.4, -0.2) is 4.98 Å². The van der Waals surface area contributed by atoms with E-state index in [1.165, 1.54) is 11.6 Å². The maximum absolute atomic E-state index is 5.37. The van der Waals surface area contributed by atoms with Crippen LogP contribution in [0.3, 0.4) is 0 Å². The highest BCUT2D eigenvalue weighted by atomic mass is 16.5. The summed E-state index contributed by atoms with van der Waals surface area (Å²) in [6, 6.07) is 14.1. The van der Waals surface area contributed by atoms with Crippen LogP contribution in [0.1, 0.15) is 0 Å². The zero-order valence-corrected chi connectivity index (χ0v) is 9.26. The molecule has 0 unspecified atom stereocenters. The molecule has 2 aromatic carbocycles. The molecule has 0 aliphatic heterocycles. The lowest BCUT2D eigenvalue weighted by Crippen LogP contribution is -1.87. The van der Waals surface area contributed by atoms with Gasteiger partial charge < -0.3 is 4.74 Å². The molecule has 0 bridgehead atoms. The third kappa shape index (κ3) is 1.54. The van der Waals surface area contributed by atoms with E-state index in [2.05, 4.69) is 29.8 Å². The van der Waals surface area contributed by atoms with E-state index in [9.17, 15) is 0 Å². The zero-order valence-electron chi connectivity index (χ0n) is 9.26.